The zero-order chi connectivity index (χ0) is 18.5. The van der Waals surface area contributed by atoms with E-state index in [4.69, 9.17) is 15.2 Å². The predicted octanol–water partition coefficient (Wildman–Crippen LogP) is 1.60. The molecule has 138 valence electrons. The summed E-state index contributed by atoms with van der Waals surface area (Å²) in [6, 6.07) is 12.1. The number of aryl methyl sites for hydroxylation is 1. The van der Waals surface area contributed by atoms with Gasteiger partial charge in [-0.2, -0.15) is 0 Å². The van der Waals surface area contributed by atoms with E-state index in [1.54, 1.807) is 36.4 Å². The molecule has 1 fully saturated rings. The number of aliphatic hydroxyl groups excluding tert-OH is 1. The minimum Gasteiger partial charge on any atom is -0.454 e. The summed E-state index contributed by atoms with van der Waals surface area (Å²) in [6.07, 6.45) is 0. The Morgan fingerprint density at radius 3 is 2.50 bits per heavy atom. The average molecular weight is 375 g/mol. The molecule has 0 spiro atoms. The Kier molecular flexibility index (Phi) is 3.98. The van der Waals surface area contributed by atoms with Gasteiger partial charge in [0.25, 0.3) is 0 Å². The molecule has 1 heterocycles. The molecule has 0 unspecified atom stereocenters. The van der Waals surface area contributed by atoms with Crippen LogP contribution in [0.1, 0.15) is 17.0 Å². The molecule has 2 aliphatic rings. The van der Waals surface area contributed by atoms with E-state index in [0.29, 0.717) is 11.5 Å². The number of fused-ring (bicyclic) bond motifs is 1. The summed E-state index contributed by atoms with van der Waals surface area (Å²) in [4.78, 5) is 0.252. The van der Waals surface area contributed by atoms with Crippen LogP contribution in [0.2, 0.25) is 0 Å². The maximum atomic E-state index is 13.2. The Bertz CT molecular complexity index is 935. The van der Waals surface area contributed by atoms with Crippen molar-refractivity contribution in [3.8, 4) is 11.5 Å². The third kappa shape index (κ3) is 2.42. The molecule has 0 amide bonds. The van der Waals surface area contributed by atoms with Gasteiger partial charge in [0.2, 0.25) is 6.79 Å². The highest BCUT2D eigenvalue weighted by molar-refractivity contribution is 7.92. The summed E-state index contributed by atoms with van der Waals surface area (Å²) >= 11 is 0. The van der Waals surface area contributed by atoms with Crippen LogP contribution in [-0.4, -0.2) is 38.7 Å². The first-order chi connectivity index (χ1) is 12.4. The quantitative estimate of drug-likeness (QED) is 0.824. The van der Waals surface area contributed by atoms with Gasteiger partial charge in [-0.1, -0.05) is 23.8 Å². The Morgan fingerprint density at radius 1 is 1.15 bits per heavy atom. The molecular formula is C19H21NO5S. The van der Waals surface area contributed by atoms with Gasteiger partial charge < -0.3 is 20.3 Å². The number of ether oxygens (including phenoxy) is 2. The summed E-state index contributed by atoms with van der Waals surface area (Å²) in [7, 11) is -3.64. The highest BCUT2D eigenvalue weighted by Gasteiger charge is 2.70. The van der Waals surface area contributed by atoms with E-state index in [1.807, 2.05) is 13.0 Å². The summed E-state index contributed by atoms with van der Waals surface area (Å²) in [6.45, 7) is 1.84. The van der Waals surface area contributed by atoms with Gasteiger partial charge >= 0.3 is 0 Å². The van der Waals surface area contributed by atoms with E-state index in [1.165, 1.54) is 0 Å². The Hall–Kier alpha value is -2.09. The van der Waals surface area contributed by atoms with Gasteiger partial charge in [0.1, 0.15) is 0 Å². The Labute approximate surface area is 152 Å². The van der Waals surface area contributed by atoms with Crippen molar-refractivity contribution in [1.82, 2.24) is 0 Å². The molecule has 6 nitrogen and oxygen atoms in total. The summed E-state index contributed by atoms with van der Waals surface area (Å²) in [5.74, 6) is 0.831. The van der Waals surface area contributed by atoms with Crippen molar-refractivity contribution >= 4 is 9.84 Å². The zero-order valence-corrected chi connectivity index (χ0v) is 15.2. The maximum Gasteiger partial charge on any atom is 0.231 e. The van der Waals surface area contributed by atoms with Gasteiger partial charge in [-0.05, 0) is 36.8 Å². The molecule has 1 aliphatic carbocycles. The fraction of sp³-hybridized carbons (Fsp3) is 0.368. The molecule has 0 saturated heterocycles. The van der Waals surface area contributed by atoms with Gasteiger partial charge in [0, 0.05) is 17.9 Å². The summed E-state index contributed by atoms with van der Waals surface area (Å²) < 4.78 is 37.2. The first-order valence-corrected chi connectivity index (χ1v) is 10.00. The molecule has 0 radical (unpaired) electrons. The summed E-state index contributed by atoms with van der Waals surface area (Å²) in [5, 5.41) is 9.24. The van der Waals surface area contributed by atoms with Crippen LogP contribution in [0, 0.1) is 12.3 Å². The van der Waals surface area contributed by atoms with Gasteiger partial charge in [0.15, 0.2) is 21.3 Å². The van der Waals surface area contributed by atoms with Crippen LogP contribution in [0.4, 0.5) is 0 Å². The monoisotopic (exact) mass is 375 g/mol. The van der Waals surface area contributed by atoms with E-state index in [-0.39, 0.29) is 24.8 Å². The van der Waals surface area contributed by atoms with Crippen LogP contribution in [0.15, 0.2) is 47.4 Å². The largest absolute Gasteiger partial charge is 0.454 e. The lowest BCUT2D eigenvalue weighted by atomic mass is 10.00. The lowest BCUT2D eigenvalue weighted by Gasteiger charge is -2.12. The summed E-state index contributed by atoms with van der Waals surface area (Å²) in [5.41, 5.74) is 6.81. The average Bonchev–Trinajstić information content (AvgIpc) is 3.12. The topological polar surface area (TPSA) is 98.9 Å². The van der Waals surface area contributed by atoms with Crippen molar-refractivity contribution < 1.29 is 23.0 Å². The molecule has 26 heavy (non-hydrogen) atoms. The minimum absolute atomic E-state index is 0.0817. The van der Waals surface area contributed by atoms with Crippen molar-refractivity contribution in [2.45, 2.75) is 23.0 Å². The second kappa shape index (κ2) is 5.97. The first-order valence-electron chi connectivity index (χ1n) is 8.45. The van der Waals surface area contributed by atoms with Crippen LogP contribution in [0.25, 0.3) is 0 Å². The van der Waals surface area contributed by atoms with Gasteiger partial charge in [0.05, 0.1) is 16.8 Å². The van der Waals surface area contributed by atoms with Crippen molar-refractivity contribution in [1.29, 1.82) is 0 Å². The van der Waals surface area contributed by atoms with Crippen LogP contribution >= 0.6 is 0 Å². The Balaban J connectivity index is 1.76. The molecule has 2 aromatic carbocycles. The van der Waals surface area contributed by atoms with E-state index in [9.17, 15) is 13.5 Å². The number of benzene rings is 2. The number of hydrogen-bond donors (Lipinski definition) is 2. The fourth-order valence-corrected chi connectivity index (χ4v) is 6.38. The molecule has 3 N–H and O–H groups in total. The highest BCUT2D eigenvalue weighted by atomic mass is 32.2. The van der Waals surface area contributed by atoms with E-state index in [0.717, 1.165) is 11.1 Å². The van der Waals surface area contributed by atoms with Crippen LogP contribution < -0.4 is 15.2 Å². The van der Waals surface area contributed by atoms with Crippen LogP contribution in [0.5, 0.6) is 11.5 Å². The number of aliphatic hydroxyl groups is 1. The van der Waals surface area contributed by atoms with Crippen LogP contribution in [0.3, 0.4) is 0 Å². The molecule has 0 aromatic heterocycles. The normalized spacial score (nSPS) is 26.7. The minimum atomic E-state index is -3.64. The van der Waals surface area contributed by atoms with Crippen molar-refractivity contribution in [3.63, 3.8) is 0 Å². The number of nitrogens with two attached hydrogens (primary N) is 1. The van der Waals surface area contributed by atoms with Crippen molar-refractivity contribution in [2.24, 2.45) is 11.1 Å². The molecule has 0 bridgehead atoms. The molecule has 2 aromatic rings. The van der Waals surface area contributed by atoms with E-state index < -0.39 is 26.4 Å². The Morgan fingerprint density at radius 2 is 1.85 bits per heavy atom. The molecule has 1 aliphatic heterocycles. The number of sulfone groups is 1. The third-order valence-corrected chi connectivity index (χ3v) is 7.83. The highest BCUT2D eigenvalue weighted by Crippen LogP contribution is 2.63. The predicted molar refractivity (Wildman–Crippen MR) is 96.0 cm³/mol. The second-order valence-electron chi connectivity index (χ2n) is 6.96. The molecule has 4 rings (SSSR count). The molecular weight excluding hydrogens is 354 g/mol. The van der Waals surface area contributed by atoms with Gasteiger partial charge in [-0.25, -0.2) is 8.42 Å². The lowest BCUT2D eigenvalue weighted by molar-refractivity contribution is 0.174. The molecule has 7 heteroatoms. The molecule has 1 saturated carbocycles. The van der Waals surface area contributed by atoms with Gasteiger partial charge in [-0.3, -0.25) is 0 Å². The van der Waals surface area contributed by atoms with Crippen molar-refractivity contribution in [3.05, 3.63) is 53.6 Å². The lowest BCUT2D eigenvalue weighted by Crippen LogP contribution is -2.27. The zero-order valence-electron chi connectivity index (χ0n) is 14.4. The number of rotatable bonds is 5. The second-order valence-corrected chi connectivity index (χ2v) is 9.03. The van der Waals surface area contributed by atoms with Crippen LogP contribution in [-0.2, 0) is 9.84 Å². The number of hydrogen-bond acceptors (Lipinski definition) is 6. The third-order valence-electron chi connectivity index (χ3n) is 5.49. The van der Waals surface area contributed by atoms with Crippen molar-refractivity contribution in [2.75, 3.05) is 19.9 Å². The smallest absolute Gasteiger partial charge is 0.231 e. The SMILES string of the molecule is Cc1ccc(S(=O)(=O)[C@@H]2[C@H](c3ccc4c(c3)OCO4)[C@@]2(CN)CO)cc1. The molecule has 3 atom stereocenters. The standard InChI is InChI=1S/C19H21NO5S/c1-12-2-5-14(6-3-12)26(22,23)18-17(19(18,9-20)10-21)13-4-7-15-16(8-13)25-11-24-15/h2-8,17-18,21H,9-11,20H2,1H3/t17-,18+,19+/m0/s1. The van der Waals surface area contributed by atoms with Gasteiger partial charge in [-0.15, -0.1) is 0 Å². The van der Waals surface area contributed by atoms with E-state index in [2.05, 4.69) is 0 Å². The van der Waals surface area contributed by atoms with E-state index >= 15 is 0 Å². The maximum absolute atomic E-state index is 13.2. The first kappa shape index (κ1) is 17.3. The fourth-order valence-electron chi connectivity index (χ4n) is 3.93.